The van der Waals surface area contributed by atoms with Gasteiger partial charge in [-0.15, -0.1) is 0 Å². The molecule has 2 N–H and O–H groups in total. The number of piperazine rings is 1. The molecule has 0 aliphatic carbocycles. The van der Waals surface area contributed by atoms with Crippen LogP contribution in [0.1, 0.15) is 46.7 Å². The fourth-order valence-electron chi connectivity index (χ4n) is 4.08. The Kier molecular flexibility index (Phi) is 5.53. The van der Waals surface area contributed by atoms with Crippen molar-refractivity contribution in [3.05, 3.63) is 58.9 Å². The van der Waals surface area contributed by atoms with Crippen LogP contribution in [0.4, 0.5) is 0 Å². The maximum Gasteiger partial charge on any atom is 0.254 e. The third kappa shape index (κ3) is 3.85. The van der Waals surface area contributed by atoms with Gasteiger partial charge in [0, 0.05) is 31.6 Å². The average Bonchev–Trinajstić information content (AvgIpc) is 3.17. The number of rotatable bonds is 5. The fraction of sp³-hybridized carbons (Fsp3) is 0.391. The molecule has 1 atom stereocenters. The second kappa shape index (κ2) is 8.25. The summed E-state index contributed by atoms with van der Waals surface area (Å²) in [6.45, 7) is 6.34. The standard InChI is InChI=1S/C23H28N4O2/c1-4-6-21-25-19-13-17(11-15(2)22(19)26-21)23(28)27-10-9-24-14-20(27)16-7-5-8-18(12-16)29-3/h5,7-8,11-13,20,24H,4,6,9-10,14H2,1-3H3,(H,25,26). The van der Waals surface area contributed by atoms with E-state index >= 15 is 0 Å². The molecule has 3 aromatic rings. The second-order valence-corrected chi connectivity index (χ2v) is 7.62. The highest BCUT2D eigenvalue weighted by atomic mass is 16.5. The number of nitrogens with one attached hydrogen (secondary N) is 2. The highest BCUT2D eigenvalue weighted by Gasteiger charge is 2.29. The topological polar surface area (TPSA) is 70.2 Å². The third-order valence-electron chi connectivity index (χ3n) is 5.54. The summed E-state index contributed by atoms with van der Waals surface area (Å²) >= 11 is 0. The summed E-state index contributed by atoms with van der Waals surface area (Å²) in [5, 5.41) is 3.41. The van der Waals surface area contributed by atoms with Crippen LogP contribution in [0.2, 0.25) is 0 Å². The molecule has 1 amide bonds. The lowest BCUT2D eigenvalue weighted by Gasteiger charge is -2.36. The van der Waals surface area contributed by atoms with Gasteiger partial charge in [0.25, 0.3) is 5.91 Å². The number of hydrogen-bond acceptors (Lipinski definition) is 4. The smallest absolute Gasteiger partial charge is 0.254 e. The van der Waals surface area contributed by atoms with E-state index in [1.54, 1.807) is 7.11 Å². The number of benzene rings is 2. The molecule has 1 aromatic heterocycles. The molecule has 2 aromatic carbocycles. The quantitative estimate of drug-likeness (QED) is 0.696. The summed E-state index contributed by atoms with van der Waals surface area (Å²) in [5.74, 6) is 1.83. The van der Waals surface area contributed by atoms with Crippen molar-refractivity contribution in [2.45, 2.75) is 32.7 Å². The lowest BCUT2D eigenvalue weighted by atomic mass is 10.0. The van der Waals surface area contributed by atoms with Gasteiger partial charge >= 0.3 is 0 Å². The van der Waals surface area contributed by atoms with E-state index < -0.39 is 0 Å². The predicted molar refractivity (Wildman–Crippen MR) is 114 cm³/mol. The Bertz CT molecular complexity index is 1030. The Balaban J connectivity index is 1.67. The number of carbonyl (C=O) groups is 1. The number of aromatic nitrogens is 2. The minimum atomic E-state index is -0.0280. The molecule has 2 heterocycles. The number of aromatic amines is 1. The van der Waals surface area contributed by atoms with Crippen molar-refractivity contribution < 1.29 is 9.53 Å². The maximum atomic E-state index is 13.5. The number of imidazole rings is 1. The van der Waals surface area contributed by atoms with E-state index in [2.05, 4.69) is 23.3 Å². The molecule has 0 bridgehead atoms. The van der Waals surface area contributed by atoms with Crippen LogP contribution in [-0.2, 0) is 6.42 Å². The first-order chi connectivity index (χ1) is 14.1. The molecule has 0 radical (unpaired) electrons. The van der Waals surface area contributed by atoms with Gasteiger partial charge in [-0.2, -0.15) is 0 Å². The van der Waals surface area contributed by atoms with Crippen LogP contribution >= 0.6 is 0 Å². The molecular formula is C23H28N4O2. The van der Waals surface area contributed by atoms with Gasteiger partial charge in [0.05, 0.1) is 24.2 Å². The van der Waals surface area contributed by atoms with Gasteiger partial charge in [-0.05, 0) is 48.7 Å². The number of ether oxygens (including phenoxy) is 1. The fourth-order valence-corrected chi connectivity index (χ4v) is 4.08. The molecule has 0 spiro atoms. The summed E-state index contributed by atoms with van der Waals surface area (Å²) in [4.78, 5) is 23.5. The van der Waals surface area contributed by atoms with Crippen molar-refractivity contribution in [2.75, 3.05) is 26.7 Å². The molecule has 1 aliphatic rings. The summed E-state index contributed by atoms with van der Waals surface area (Å²) in [6.07, 6.45) is 1.95. The SMILES string of the molecule is CCCc1nc2c(C)cc(C(=O)N3CCNCC3c3cccc(OC)c3)cc2[nH]1. The van der Waals surface area contributed by atoms with Crippen LogP contribution in [-0.4, -0.2) is 47.5 Å². The second-order valence-electron chi connectivity index (χ2n) is 7.62. The van der Waals surface area contributed by atoms with Crippen LogP contribution in [0.25, 0.3) is 11.0 Å². The van der Waals surface area contributed by atoms with Gasteiger partial charge in [-0.25, -0.2) is 4.98 Å². The monoisotopic (exact) mass is 392 g/mol. The summed E-state index contributed by atoms with van der Waals surface area (Å²) in [7, 11) is 1.66. The van der Waals surface area contributed by atoms with Crippen molar-refractivity contribution in [1.82, 2.24) is 20.2 Å². The zero-order valence-electron chi connectivity index (χ0n) is 17.3. The number of nitrogens with zero attached hydrogens (tertiary/aromatic N) is 2. The van der Waals surface area contributed by atoms with Crippen molar-refractivity contribution in [1.29, 1.82) is 0 Å². The first-order valence-electron chi connectivity index (χ1n) is 10.3. The third-order valence-corrected chi connectivity index (χ3v) is 5.54. The number of carbonyl (C=O) groups excluding carboxylic acids is 1. The minimum absolute atomic E-state index is 0.0280. The van der Waals surface area contributed by atoms with E-state index in [0.717, 1.165) is 59.7 Å². The molecular weight excluding hydrogens is 364 g/mol. The van der Waals surface area contributed by atoms with E-state index in [9.17, 15) is 4.79 Å². The van der Waals surface area contributed by atoms with Crippen molar-refractivity contribution >= 4 is 16.9 Å². The lowest BCUT2D eigenvalue weighted by Crippen LogP contribution is -2.48. The molecule has 1 unspecified atom stereocenters. The zero-order valence-corrected chi connectivity index (χ0v) is 17.3. The van der Waals surface area contributed by atoms with E-state index in [4.69, 9.17) is 9.72 Å². The van der Waals surface area contributed by atoms with Crippen LogP contribution in [0.15, 0.2) is 36.4 Å². The minimum Gasteiger partial charge on any atom is -0.497 e. The highest BCUT2D eigenvalue weighted by molar-refractivity contribution is 5.98. The molecule has 0 saturated carbocycles. The van der Waals surface area contributed by atoms with Crippen LogP contribution < -0.4 is 10.1 Å². The Hall–Kier alpha value is -2.86. The molecule has 1 aliphatic heterocycles. The number of hydrogen-bond donors (Lipinski definition) is 2. The van der Waals surface area contributed by atoms with Crippen molar-refractivity contribution in [3.8, 4) is 5.75 Å². The van der Waals surface area contributed by atoms with Crippen molar-refractivity contribution in [3.63, 3.8) is 0 Å². The van der Waals surface area contributed by atoms with E-state index in [-0.39, 0.29) is 11.9 Å². The number of H-pyrrole nitrogens is 1. The first kappa shape index (κ1) is 19.5. The summed E-state index contributed by atoms with van der Waals surface area (Å²) in [5.41, 5.74) is 4.70. The molecule has 6 heteroatoms. The van der Waals surface area contributed by atoms with E-state index in [1.807, 2.05) is 42.2 Å². The van der Waals surface area contributed by atoms with Gasteiger partial charge in [-0.3, -0.25) is 4.79 Å². The van der Waals surface area contributed by atoms with Gasteiger partial charge in [0.2, 0.25) is 0 Å². The van der Waals surface area contributed by atoms with Crippen molar-refractivity contribution in [2.24, 2.45) is 0 Å². The van der Waals surface area contributed by atoms with E-state index in [0.29, 0.717) is 12.1 Å². The Morgan fingerprint density at radius 3 is 2.97 bits per heavy atom. The van der Waals surface area contributed by atoms with Gasteiger partial charge in [0.15, 0.2) is 0 Å². The number of methoxy groups -OCH3 is 1. The van der Waals surface area contributed by atoms with E-state index in [1.165, 1.54) is 0 Å². The number of aryl methyl sites for hydroxylation is 2. The number of fused-ring (bicyclic) bond motifs is 1. The first-order valence-corrected chi connectivity index (χ1v) is 10.3. The average molecular weight is 393 g/mol. The Morgan fingerprint density at radius 2 is 2.17 bits per heavy atom. The van der Waals surface area contributed by atoms with Crippen LogP contribution in [0.5, 0.6) is 5.75 Å². The summed E-state index contributed by atoms with van der Waals surface area (Å²) in [6, 6.07) is 11.9. The molecule has 29 heavy (non-hydrogen) atoms. The Morgan fingerprint density at radius 1 is 1.31 bits per heavy atom. The zero-order chi connectivity index (χ0) is 20.4. The Labute approximate surface area is 171 Å². The lowest BCUT2D eigenvalue weighted by molar-refractivity contribution is 0.0634. The molecule has 152 valence electrons. The molecule has 4 rings (SSSR count). The largest absolute Gasteiger partial charge is 0.497 e. The normalized spacial score (nSPS) is 16.9. The predicted octanol–water partition coefficient (Wildman–Crippen LogP) is 3.62. The van der Waals surface area contributed by atoms with Crippen LogP contribution in [0, 0.1) is 6.92 Å². The van der Waals surface area contributed by atoms with Gasteiger partial charge < -0.3 is 19.9 Å². The maximum absolute atomic E-state index is 13.5. The van der Waals surface area contributed by atoms with Gasteiger partial charge in [0.1, 0.15) is 11.6 Å². The summed E-state index contributed by atoms with van der Waals surface area (Å²) < 4.78 is 5.38. The highest BCUT2D eigenvalue weighted by Crippen LogP contribution is 2.28. The molecule has 1 fully saturated rings. The van der Waals surface area contributed by atoms with Crippen LogP contribution in [0.3, 0.4) is 0 Å². The molecule has 6 nitrogen and oxygen atoms in total. The van der Waals surface area contributed by atoms with Gasteiger partial charge in [-0.1, -0.05) is 19.1 Å². The number of amides is 1. The molecule has 1 saturated heterocycles.